The normalized spacial score (nSPS) is 10.3. The predicted molar refractivity (Wildman–Crippen MR) is 98.9 cm³/mol. The molecule has 0 radical (unpaired) electrons. The molecule has 24 heavy (non-hydrogen) atoms. The molecule has 0 aliphatic rings. The van der Waals surface area contributed by atoms with E-state index in [4.69, 9.17) is 23.2 Å². The van der Waals surface area contributed by atoms with E-state index in [-0.39, 0.29) is 15.7 Å². The second-order valence-corrected chi connectivity index (χ2v) is 5.98. The van der Waals surface area contributed by atoms with Crippen LogP contribution in [0.2, 0.25) is 10.0 Å². The van der Waals surface area contributed by atoms with Crippen molar-refractivity contribution in [2.75, 3.05) is 10.6 Å². The summed E-state index contributed by atoms with van der Waals surface area (Å²) in [4.78, 5) is 24.4. The molecule has 0 aromatic heterocycles. The summed E-state index contributed by atoms with van der Waals surface area (Å²) in [5.41, 5.74) is 2.87. The summed E-state index contributed by atoms with van der Waals surface area (Å²) in [6.07, 6.45) is 1.50. The molecule has 2 rings (SSSR count). The lowest BCUT2D eigenvalue weighted by molar-refractivity contribution is -0.133. The van der Waals surface area contributed by atoms with Gasteiger partial charge >= 0.3 is 11.8 Å². The van der Waals surface area contributed by atoms with Gasteiger partial charge in [0.25, 0.3) is 0 Å². The number of halogens is 2. The molecule has 126 valence electrons. The Morgan fingerprint density at radius 1 is 0.792 bits per heavy atom. The van der Waals surface area contributed by atoms with E-state index in [2.05, 4.69) is 10.6 Å². The SMILES string of the molecule is CCc1cccc(CC)c1NC(=O)C(=O)Nc1c(Cl)cccc1Cl. The van der Waals surface area contributed by atoms with Gasteiger partial charge in [-0.2, -0.15) is 0 Å². The zero-order valence-corrected chi connectivity index (χ0v) is 15.0. The Balaban J connectivity index is 2.20. The lowest BCUT2D eigenvalue weighted by Gasteiger charge is -2.14. The van der Waals surface area contributed by atoms with Gasteiger partial charge in [-0.25, -0.2) is 0 Å². The summed E-state index contributed by atoms with van der Waals surface area (Å²) < 4.78 is 0. The molecule has 2 amide bonds. The van der Waals surface area contributed by atoms with Crippen molar-refractivity contribution in [2.45, 2.75) is 26.7 Å². The van der Waals surface area contributed by atoms with E-state index in [9.17, 15) is 9.59 Å². The molecule has 0 spiro atoms. The number of hydrogen-bond donors (Lipinski definition) is 2. The molecule has 2 aromatic rings. The van der Waals surface area contributed by atoms with E-state index in [1.165, 1.54) is 0 Å². The number of anilines is 2. The Morgan fingerprint density at radius 3 is 1.67 bits per heavy atom. The highest BCUT2D eigenvalue weighted by molar-refractivity contribution is 6.46. The van der Waals surface area contributed by atoms with Gasteiger partial charge in [-0.15, -0.1) is 0 Å². The van der Waals surface area contributed by atoms with E-state index >= 15 is 0 Å². The Bertz CT molecular complexity index is 733. The molecular weight excluding hydrogens is 347 g/mol. The highest BCUT2D eigenvalue weighted by Crippen LogP contribution is 2.30. The first kappa shape index (κ1) is 18.3. The first-order valence-corrected chi connectivity index (χ1v) is 8.40. The van der Waals surface area contributed by atoms with Gasteiger partial charge in [0.2, 0.25) is 0 Å². The molecule has 0 fully saturated rings. The number of carbonyl (C=O) groups excluding carboxylic acids is 2. The zero-order chi connectivity index (χ0) is 17.7. The number of carbonyl (C=O) groups is 2. The van der Waals surface area contributed by atoms with Gasteiger partial charge in [0.1, 0.15) is 0 Å². The van der Waals surface area contributed by atoms with Crippen LogP contribution in [0.15, 0.2) is 36.4 Å². The predicted octanol–water partition coefficient (Wildman–Crippen LogP) is 4.70. The minimum Gasteiger partial charge on any atom is -0.317 e. The second-order valence-electron chi connectivity index (χ2n) is 5.16. The lowest BCUT2D eigenvalue weighted by atomic mass is 10.0. The molecule has 2 N–H and O–H groups in total. The van der Waals surface area contributed by atoms with Crippen LogP contribution in [0.4, 0.5) is 11.4 Å². The first-order chi connectivity index (χ1) is 11.5. The number of nitrogens with one attached hydrogen (secondary N) is 2. The summed E-state index contributed by atoms with van der Waals surface area (Å²) in [5, 5.41) is 5.70. The van der Waals surface area contributed by atoms with E-state index in [0.717, 1.165) is 24.0 Å². The molecule has 0 aliphatic carbocycles. The third-order valence-electron chi connectivity index (χ3n) is 3.64. The Morgan fingerprint density at radius 2 is 1.21 bits per heavy atom. The molecule has 0 atom stereocenters. The number of para-hydroxylation sites is 2. The number of rotatable bonds is 4. The van der Waals surface area contributed by atoms with Gasteiger partial charge in [0.05, 0.1) is 15.7 Å². The summed E-state index contributed by atoms with van der Waals surface area (Å²) >= 11 is 12.0. The highest BCUT2D eigenvalue weighted by Gasteiger charge is 2.19. The molecule has 6 heteroatoms. The minimum atomic E-state index is -0.821. The van der Waals surface area contributed by atoms with E-state index < -0.39 is 11.8 Å². The summed E-state index contributed by atoms with van der Waals surface area (Å²) in [6.45, 7) is 3.99. The molecule has 0 aliphatic heterocycles. The van der Waals surface area contributed by atoms with Crippen LogP contribution in [-0.2, 0) is 22.4 Å². The lowest BCUT2D eigenvalue weighted by Crippen LogP contribution is -2.30. The third kappa shape index (κ3) is 4.08. The van der Waals surface area contributed by atoms with E-state index in [1.54, 1.807) is 18.2 Å². The first-order valence-electron chi connectivity index (χ1n) is 7.65. The molecule has 0 saturated heterocycles. The van der Waals surface area contributed by atoms with Crippen molar-refractivity contribution in [1.29, 1.82) is 0 Å². The van der Waals surface area contributed by atoms with Crippen molar-refractivity contribution in [2.24, 2.45) is 0 Å². The molecule has 0 saturated carbocycles. The number of amides is 2. The van der Waals surface area contributed by atoms with Crippen LogP contribution in [0.1, 0.15) is 25.0 Å². The van der Waals surface area contributed by atoms with Crippen LogP contribution in [0.5, 0.6) is 0 Å². The summed E-state index contributed by atoms with van der Waals surface area (Å²) in [6, 6.07) is 10.6. The fourth-order valence-electron chi connectivity index (χ4n) is 2.36. The Kier molecular flexibility index (Phi) is 6.23. The van der Waals surface area contributed by atoms with Gasteiger partial charge in [-0.05, 0) is 36.1 Å². The molecule has 0 bridgehead atoms. The fraction of sp³-hybridized carbons (Fsp3) is 0.222. The van der Waals surface area contributed by atoms with Crippen molar-refractivity contribution < 1.29 is 9.59 Å². The third-order valence-corrected chi connectivity index (χ3v) is 4.27. The smallest absolute Gasteiger partial charge is 0.314 e. The van der Waals surface area contributed by atoms with Crippen LogP contribution in [0.3, 0.4) is 0 Å². The Hall–Kier alpha value is -2.04. The number of aryl methyl sites for hydroxylation is 2. The maximum absolute atomic E-state index is 12.3. The van der Waals surface area contributed by atoms with E-state index in [1.807, 2.05) is 32.0 Å². The minimum absolute atomic E-state index is 0.223. The van der Waals surface area contributed by atoms with Gasteiger partial charge in [-0.1, -0.05) is 61.3 Å². The summed E-state index contributed by atoms with van der Waals surface area (Å²) in [7, 11) is 0. The van der Waals surface area contributed by atoms with E-state index in [0.29, 0.717) is 5.69 Å². The van der Waals surface area contributed by atoms with Crippen LogP contribution in [-0.4, -0.2) is 11.8 Å². The monoisotopic (exact) mass is 364 g/mol. The highest BCUT2D eigenvalue weighted by atomic mass is 35.5. The molecular formula is C18H18Cl2N2O2. The second kappa shape index (κ2) is 8.18. The molecule has 0 unspecified atom stereocenters. The van der Waals surface area contributed by atoms with Gasteiger partial charge in [0, 0.05) is 5.69 Å². The average Bonchev–Trinajstić information content (AvgIpc) is 2.58. The standard InChI is InChI=1S/C18H18Cl2N2O2/c1-3-11-7-5-8-12(4-2)15(11)21-17(23)18(24)22-16-13(19)9-6-10-14(16)20/h5-10H,3-4H2,1-2H3,(H,21,23)(H,22,24). The summed E-state index contributed by atoms with van der Waals surface area (Å²) in [5.74, 6) is -1.58. The zero-order valence-electron chi connectivity index (χ0n) is 13.5. The van der Waals surface area contributed by atoms with Gasteiger partial charge < -0.3 is 10.6 Å². The maximum Gasteiger partial charge on any atom is 0.314 e. The van der Waals surface area contributed by atoms with Crippen molar-refractivity contribution in [1.82, 2.24) is 0 Å². The molecule has 4 nitrogen and oxygen atoms in total. The van der Waals surface area contributed by atoms with Crippen molar-refractivity contribution in [3.8, 4) is 0 Å². The fourth-order valence-corrected chi connectivity index (χ4v) is 2.85. The van der Waals surface area contributed by atoms with Gasteiger partial charge in [-0.3, -0.25) is 9.59 Å². The topological polar surface area (TPSA) is 58.2 Å². The number of hydrogen-bond acceptors (Lipinski definition) is 2. The maximum atomic E-state index is 12.3. The average molecular weight is 365 g/mol. The van der Waals surface area contributed by atoms with Crippen molar-refractivity contribution in [3.05, 3.63) is 57.6 Å². The number of benzene rings is 2. The van der Waals surface area contributed by atoms with Gasteiger partial charge in [0.15, 0.2) is 0 Å². The largest absolute Gasteiger partial charge is 0.317 e. The molecule has 0 heterocycles. The van der Waals surface area contributed by atoms with Crippen molar-refractivity contribution >= 4 is 46.4 Å². The quantitative estimate of drug-likeness (QED) is 0.772. The molecule has 2 aromatic carbocycles. The van der Waals surface area contributed by atoms with Crippen molar-refractivity contribution in [3.63, 3.8) is 0 Å². The van der Waals surface area contributed by atoms with Crippen LogP contribution >= 0.6 is 23.2 Å². The van der Waals surface area contributed by atoms with Crippen LogP contribution in [0.25, 0.3) is 0 Å². The Labute approximate surface area is 151 Å². The van der Waals surface area contributed by atoms with Crippen LogP contribution < -0.4 is 10.6 Å². The van der Waals surface area contributed by atoms with Crippen LogP contribution in [0, 0.1) is 0 Å².